The van der Waals surface area contributed by atoms with Gasteiger partial charge in [-0.1, -0.05) is 32.2 Å². The molecule has 18 heavy (non-hydrogen) atoms. The van der Waals surface area contributed by atoms with Crippen molar-refractivity contribution in [1.29, 1.82) is 0 Å². The van der Waals surface area contributed by atoms with E-state index >= 15 is 0 Å². The number of carbonyl (C=O) groups is 1. The van der Waals surface area contributed by atoms with Crippen molar-refractivity contribution in [3.63, 3.8) is 0 Å². The molecule has 100 valence electrons. The zero-order valence-electron chi connectivity index (χ0n) is 11.0. The van der Waals surface area contributed by atoms with Crippen LogP contribution < -0.4 is 5.73 Å². The molecular weight excluding hydrogens is 250 g/mol. The van der Waals surface area contributed by atoms with Crippen LogP contribution in [0.1, 0.15) is 26.5 Å². The second-order valence-corrected chi connectivity index (χ2v) is 3.84. The van der Waals surface area contributed by atoms with Gasteiger partial charge in [-0.25, -0.2) is 9.78 Å². The topological polar surface area (TPSA) is 78.1 Å². The van der Waals surface area contributed by atoms with Gasteiger partial charge in [0, 0.05) is 18.9 Å². The monoisotopic (exact) mass is 269 g/mol. The minimum Gasteiger partial charge on any atom is -0.462 e. The number of esters is 1. The first kappa shape index (κ1) is 16.6. The lowest BCUT2D eigenvalue weighted by atomic mass is 10.5. The Morgan fingerprint density at radius 3 is 2.61 bits per heavy atom. The van der Waals surface area contributed by atoms with Gasteiger partial charge in [-0.15, -0.1) is 0 Å². The quantitative estimate of drug-likeness (QED) is 0.501. The molecule has 0 amide bonds. The molecule has 1 aromatic rings. The Morgan fingerprint density at radius 2 is 2.06 bits per heavy atom. The maximum absolute atomic E-state index is 11.3. The molecule has 1 heterocycles. The molecule has 0 aliphatic rings. The van der Waals surface area contributed by atoms with Gasteiger partial charge in [0.25, 0.3) is 0 Å². The first-order valence-electron chi connectivity index (χ1n) is 5.72. The molecule has 6 heteroatoms. The average molecular weight is 269 g/mol. The molecule has 0 aromatic carbocycles. The van der Waals surface area contributed by atoms with E-state index in [-0.39, 0.29) is 11.4 Å². The Hall–Kier alpha value is -1.40. The Kier molecular flexibility index (Phi) is 8.86. The van der Waals surface area contributed by atoms with Crippen molar-refractivity contribution in [2.45, 2.75) is 32.3 Å². The fraction of sp³-hybridized carbons (Fsp3) is 0.417. The first-order valence-corrected chi connectivity index (χ1v) is 6.54. The largest absolute Gasteiger partial charge is 0.462 e. The molecule has 0 radical (unpaired) electrons. The number of hydrogen-bond donors (Lipinski definition) is 1. The van der Waals surface area contributed by atoms with Gasteiger partial charge in [0.1, 0.15) is 5.03 Å². The number of carbonyl (C=O) groups excluding carboxylic acids is 1. The molecule has 2 N–H and O–H groups in total. The smallest absolute Gasteiger partial charge is 0.344 e. The second kappa shape index (κ2) is 9.61. The number of hydrogen-bond acceptors (Lipinski definition) is 6. The highest BCUT2D eigenvalue weighted by Gasteiger charge is 2.13. The van der Waals surface area contributed by atoms with Crippen LogP contribution in [0.3, 0.4) is 0 Å². The molecule has 0 unspecified atom stereocenters. The van der Waals surface area contributed by atoms with E-state index in [4.69, 9.17) is 10.5 Å². The molecule has 1 rings (SSSR count). The molecule has 0 aliphatic carbocycles. The van der Waals surface area contributed by atoms with Crippen LogP contribution in [-0.4, -0.2) is 22.5 Å². The van der Waals surface area contributed by atoms with Crippen LogP contribution >= 0.6 is 11.8 Å². The van der Waals surface area contributed by atoms with Crippen LogP contribution in [0.2, 0.25) is 0 Å². The van der Waals surface area contributed by atoms with Crippen molar-refractivity contribution in [2.24, 2.45) is 5.73 Å². The van der Waals surface area contributed by atoms with Crippen molar-refractivity contribution in [3.05, 3.63) is 29.6 Å². The maximum Gasteiger partial charge on any atom is 0.344 e. The lowest BCUT2D eigenvalue weighted by molar-refractivity contribution is -0.137. The Bertz CT molecular complexity index is 397. The number of aromatic nitrogens is 2. The van der Waals surface area contributed by atoms with Crippen molar-refractivity contribution in [1.82, 2.24) is 9.97 Å². The molecular formula is C12H19N3O2S. The highest BCUT2D eigenvalue weighted by Crippen LogP contribution is 2.25. The van der Waals surface area contributed by atoms with E-state index < -0.39 is 5.97 Å². The van der Waals surface area contributed by atoms with E-state index in [2.05, 4.69) is 16.5 Å². The summed E-state index contributed by atoms with van der Waals surface area (Å²) in [5, 5.41) is 0.586. The van der Waals surface area contributed by atoms with E-state index in [0.29, 0.717) is 17.3 Å². The predicted molar refractivity (Wildman–Crippen MR) is 72.9 cm³/mol. The average Bonchev–Trinajstić information content (AvgIpc) is 2.42. The minimum absolute atomic E-state index is 0.270. The molecule has 5 nitrogen and oxygen atoms in total. The standard InChI is InChI=1S/C10H13N3O2S.C2H6/c1-3-15-10(14)7(2)16-9-8(6-11)12-4-5-13-9;1-2/h4-5H,2-3,6,11H2,1H3;1-2H3. The van der Waals surface area contributed by atoms with Gasteiger partial charge < -0.3 is 10.5 Å². The normalized spacial score (nSPS) is 9.11. The third kappa shape index (κ3) is 5.29. The molecule has 0 spiro atoms. The molecule has 0 fully saturated rings. The van der Waals surface area contributed by atoms with E-state index in [1.54, 1.807) is 19.3 Å². The van der Waals surface area contributed by atoms with Gasteiger partial charge in [-0.3, -0.25) is 4.98 Å². The summed E-state index contributed by atoms with van der Waals surface area (Å²) in [6.07, 6.45) is 3.10. The van der Waals surface area contributed by atoms with Crippen LogP contribution in [-0.2, 0) is 16.1 Å². The van der Waals surface area contributed by atoms with Gasteiger partial charge in [0.2, 0.25) is 0 Å². The third-order valence-corrected chi connectivity index (χ3v) is 2.60. The van der Waals surface area contributed by atoms with Crippen LogP contribution in [0.25, 0.3) is 0 Å². The Labute approximate surface area is 112 Å². The summed E-state index contributed by atoms with van der Waals surface area (Å²) in [5.41, 5.74) is 6.14. The minimum atomic E-state index is -0.443. The Morgan fingerprint density at radius 1 is 1.44 bits per heavy atom. The second-order valence-electron chi connectivity index (χ2n) is 2.76. The summed E-state index contributed by atoms with van der Waals surface area (Å²) in [5.74, 6) is -0.443. The predicted octanol–water partition coefficient (Wildman–Crippen LogP) is 2.13. The van der Waals surface area contributed by atoms with Crippen molar-refractivity contribution >= 4 is 17.7 Å². The summed E-state index contributed by atoms with van der Waals surface area (Å²) >= 11 is 1.12. The van der Waals surface area contributed by atoms with Gasteiger partial charge in [0.05, 0.1) is 17.2 Å². The van der Waals surface area contributed by atoms with Crippen LogP contribution in [0.4, 0.5) is 0 Å². The van der Waals surface area contributed by atoms with Crippen LogP contribution in [0.15, 0.2) is 28.9 Å². The highest BCUT2D eigenvalue weighted by molar-refractivity contribution is 8.03. The zero-order chi connectivity index (χ0) is 14.0. The molecule has 1 aromatic heterocycles. The highest BCUT2D eigenvalue weighted by atomic mass is 32.2. The van der Waals surface area contributed by atoms with E-state index in [9.17, 15) is 4.79 Å². The van der Waals surface area contributed by atoms with E-state index in [0.717, 1.165) is 11.8 Å². The van der Waals surface area contributed by atoms with Gasteiger partial charge in [-0.05, 0) is 6.92 Å². The first-order chi connectivity index (χ1) is 8.69. The van der Waals surface area contributed by atoms with Crippen molar-refractivity contribution in [3.8, 4) is 0 Å². The summed E-state index contributed by atoms with van der Waals surface area (Å²) in [6, 6.07) is 0. The van der Waals surface area contributed by atoms with Crippen LogP contribution in [0.5, 0.6) is 0 Å². The van der Waals surface area contributed by atoms with Gasteiger partial charge in [-0.2, -0.15) is 0 Å². The summed E-state index contributed by atoms with van der Waals surface area (Å²) in [4.78, 5) is 19.7. The van der Waals surface area contributed by atoms with Gasteiger partial charge in [0.15, 0.2) is 0 Å². The molecule has 0 aliphatic heterocycles. The van der Waals surface area contributed by atoms with E-state index in [1.807, 2.05) is 13.8 Å². The molecule has 0 saturated carbocycles. The van der Waals surface area contributed by atoms with E-state index in [1.165, 1.54) is 0 Å². The number of thioether (sulfide) groups is 1. The van der Waals surface area contributed by atoms with Gasteiger partial charge >= 0.3 is 5.97 Å². The number of ether oxygens (including phenoxy) is 1. The fourth-order valence-electron chi connectivity index (χ4n) is 0.949. The maximum atomic E-state index is 11.3. The molecule has 0 saturated heterocycles. The lowest BCUT2D eigenvalue weighted by Gasteiger charge is -2.06. The summed E-state index contributed by atoms with van der Waals surface area (Å²) < 4.78 is 4.81. The summed E-state index contributed by atoms with van der Waals surface area (Å²) in [6.45, 7) is 9.96. The summed E-state index contributed by atoms with van der Waals surface area (Å²) in [7, 11) is 0. The third-order valence-electron chi connectivity index (χ3n) is 1.65. The fourth-order valence-corrected chi connectivity index (χ4v) is 1.69. The van der Waals surface area contributed by atoms with Crippen molar-refractivity contribution < 1.29 is 9.53 Å². The number of nitrogens with two attached hydrogens (primary N) is 1. The molecule has 0 atom stereocenters. The number of rotatable bonds is 5. The molecule has 0 bridgehead atoms. The Balaban J connectivity index is 0.00000137. The number of nitrogens with zero attached hydrogens (tertiary/aromatic N) is 2. The van der Waals surface area contributed by atoms with Crippen molar-refractivity contribution in [2.75, 3.05) is 6.61 Å². The van der Waals surface area contributed by atoms with Crippen LogP contribution in [0, 0.1) is 0 Å². The zero-order valence-corrected chi connectivity index (χ0v) is 11.8. The lowest BCUT2D eigenvalue weighted by Crippen LogP contribution is -2.07. The SMILES string of the molecule is C=C(Sc1nccnc1CN)C(=O)OCC.CC.